The van der Waals surface area contributed by atoms with Gasteiger partial charge in [0.15, 0.2) is 0 Å². The summed E-state index contributed by atoms with van der Waals surface area (Å²) in [6, 6.07) is 8.58. The monoisotopic (exact) mass is 455 g/mol. The van der Waals surface area contributed by atoms with Crippen LogP contribution < -0.4 is 10.6 Å². The highest BCUT2D eigenvalue weighted by Gasteiger charge is 2.50. The topological polar surface area (TPSA) is 79.4 Å². The van der Waals surface area contributed by atoms with Gasteiger partial charge in [-0.2, -0.15) is 0 Å². The molecular formula is C23H26FN5O2S. The Kier molecular flexibility index (Phi) is 5.54. The van der Waals surface area contributed by atoms with E-state index in [4.69, 9.17) is 9.72 Å². The third kappa shape index (κ3) is 3.95. The van der Waals surface area contributed by atoms with Gasteiger partial charge >= 0.3 is 0 Å². The van der Waals surface area contributed by atoms with E-state index in [2.05, 4.69) is 15.6 Å². The molecule has 1 atom stereocenters. The number of hydrogen-bond donors (Lipinski definition) is 2. The van der Waals surface area contributed by atoms with Crippen molar-refractivity contribution in [3.05, 3.63) is 64.2 Å². The van der Waals surface area contributed by atoms with Crippen LogP contribution in [-0.2, 0) is 16.1 Å². The van der Waals surface area contributed by atoms with Gasteiger partial charge in [0.25, 0.3) is 5.91 Å². The number of aromatic nitrogens is 2. The van der Waals surface area contributed by atoms with E-state index in [1.54, 1.807) is 28.9 Å². The van der Waals surface area contributed by atoms with Crippen LogP contribution >= 0.6 is 11.8 Å². The van der Waals surface area contributed by atoms with E-state index in [1.807, 2.05) is 26.0 Å². The minimum atomic E-state index is -0.499. The fourth-order valence-corrected chi connectivity index (χ4v) is 5.68. The molecule has 1 unspecified atom stereocenters. The maximum atomic E-state index is 13.6. The normalized spacial score (nSPS) is 22.8. The van der Waals surface area contributed by atoms with E-state index in [0.717, 1.165) is 42.2 Å². The first-order valence-corrected chi connectivity index (χ1v) is 11.7. The van der Waals surface area contributed by atoms with Gasteiger partial charge in [-0.05, 0) is 50.5 Å². The molecule has 3 aliphatic rings. The number of ether oxygens (including phenoxy) is 1. The molecule has 32 heavy (non-hydrogen) atoms. The van der Waals surface area contributed by atoms with Crippen LogP contribution in [-0.4, -0.2) is 45.6 Å². The summed E-state index contributed by atoms with van der Waals surface area (Å²) in [5, 5.41) is 6.62. The second kappa shape index (κ2) is 8.37. The Labute approximate surface area is 190 Å². The molecule has 1 aromatic heterocycles. The lowest BCUT2D eigenvalue weighted by Crippen LogP contribution is -2.44. The molecular weight excluding hydrogens is 429 g/mol. The van der Waals surface area contributed by atoms with Gasteiger partial charge in [-0.3, -0.25) is 4.79 Å². The minimum Gasteiger partial charge on any atom is -0.381 e. The number of hydrogen-bond acceptors (Lipinski definition) is 7. The Morgan fingerprint density at radius 1 is 1.31 bits per heavy atom. The third-order valence-corrected chi connectivity index (χ3v) is 7.69. The molecule has 4 heterocycles. The highest BCUT2D eigenvalue weighted by Crippen LogP contribution is 2.51. The van der Waals surface area contributed by atoms with Gasteiger partial charge < -0.3 is 20.3 Å². The maximum absolute atomic E-state index is 13.6. The van der Waals surface area contributed by atoms with Crippen LogP contribution in [0.3, 0.4) is 0 Å². The van der Waals surface area contributed by atoms with Crippen molar-refractivity contribution in [1.82, 2.24) is 20.2 Å². The van der Waals surface area contributed by atoms with Crippen molar-refractivity contribution in [1.29, 1.82) is 0 Å². The lowest BCUT2D eigenvalue weighted by molar-refractivity contribution is -0.130. The fraction of sp³-hybridized carbons (Fsp3) is 0.435. The average Bonchev–Trinajstić information content (AvgIpc) is 3.30. The first kappa shape index (κ1) is 21.2. The second-order valence-electron chi connectivity index (χ2n) is 8.76. The van der Waals surface area contributed by atoms with Gasteiger partial charge in [0.1, 0.15) is 16.9 Å². The molecule has 1 aromatic carbocycles. The number of carbonyl (C=O) groups excluding carboxylic acids is 1. The molecule has 2 N–H and O–H groups in total. The van der Waals surface area contributed by atoms with Crippen LogP contribution in [0.1, 0.15) is 43.3 Å². The van der Waals surface area contributed by atoms with Crippen molar-refractivity contribution in [2.45, 2.75) is 50.2 Å². The fourth-order valence-electron chi connectivity index (χ4n) is 4.36. The van der Waals surface area contributed by atoms with E-state index >= 15 is 0 Å². The van der Waals surface area contributed by atoms with Crippen molar-refractivity contribution in [2.75, 3.05) is 18.5 Å². The number of benzene rings is 1. The molecule has 0 spiro atoms. The van der Waals surface area contributed by atoms with Crippen LogP contribution in [0.4, 0.5) is 10.3 Å². The Morgan fingerprint density at radius 3 is 2.88 bits per heavy atom. The second-order valence-corrected chi connectivity index (χ2v) is 9.88. The third-order valence-electron chi connectivity index (χ3n) is 6.16. The molecule has 7 nitrogen and oxygen atoms in total. The number of thioether (sulfide) groups is 1. The summed E-state index contributed by atoms with van der Waals surface area (Å²) < 4.78 is 19.0. The van der Waals surface area contributed by atoms with E-state index in [1.165, 1.54) is 12.1 Å². The van der Waals surface area contributed by atoms with Gasteiger partial charge in [0, 0.05) is 36.9 Å². The summed E-state index contributed by atoms with van der Waals surface area (Å²) in [4.78, 5) is 25.1. The van der Waals surface area contributed by atoms with Crippen LogP contribution in [0, 0.1) is 5.82 Å². The quantitative estimate of drug-likeness (QED) is 0.714. The largest absolute Gasteiger partial charge is 0.381 e. The van der Waals surface area contributed by atoms with Crippen LogP contribution in [0.25, 0.3) is 0 Å². The van der Waals surface area contributed by atoms with Gasteiger partial charge in [0.05, 0.1) is 11.2 Å². The molecule has 0 radical (unpaired) electrons. The van der Waals surface area contributed by atoms with Gasteiger partial charge in [-0.15, -0.1) is 0 Å². The van der Waals surface area contributed by atoms with E-state index < -0.39 is 5.54 Å². The Balaban J connectivity index is 1.30. The molecule has 0 aliphatic carbocycles. The Morgan fingerprint density at radius 2 is 2.12 bits per heavy atom. The highest BCUT2D eigenvalue weighted by atomic mass is 32.2. The van der Waals surface area contributed by atoms with Crippen LogP contribution in [0.15, 0.2) is 47.1 Å². The van der Waals surface area contributed by atoms with Gasteiger partial charge in [0.2, 0.25) is 5.95 Å². The van der Waals surface area contributed by atoms with Crippen molar-refractivity contribution in [3.8, 4) is 0 Å². The number of carbonyl (C=O) groups is 1. The van der Waals surface area contributed by atoms with Crippen molar-refractivity contribution < 1.29 is 13.9 Å². The zero-order valence-corrected chi connectivity index (χ0v) is 18.9. The van der Waals surface area contributed by atoms with E-state index in [-0.39, 0.29) is 17.1 Å². The smallest absolute Gasteiger partial charge is 0.271 e. The number of anilines is 1. The van der Waals surface area contributed by atoms with Crippen LogP contribution in [0.2, 0.25) is 0 Å². The molecule has 1 fully saturated rings. The first-order chi connectivity index (χ1) is 15.4. The first-order valence-electron chi connectivity index (χ1n) is 10.8. The zero-order chi connectivity index (χ0) is 22.3. The predicted molar refractivity (Wildman–Crippen MR) is 121 cm³/mol. The zero-order valence-electron chi connectivity index (χ0n) is 18.1. The molecule has 1 amide bonds. The maximum Gasteiger partial charge on any atom is 0.271 e. The molecule has 9 heteroatoms. The Bertz CT molecular complexity index is 1070. The SMILES string of the molecule is CC1(C)C2=C(NC(c3ccnc(NC4CCOCC4)n3)S2)C(=O)N1Cc1cccc(F)c1. The molecule has 0 bridgehead atoms. The van der Waals surface area contributed by atoms with Crippen molar-refractivity contribution >= 4 is 23.6 Å². The van der Waals surface area contributed by atoms with Crippen LogP contribution in [0.5, 0.6) is 0 Å². The van der Waals surface area contributed by atoms with Crippen molar-refractivity contribution in [3.63, 3.8) is 0 Å². The number of nitrogens with zero attached hydrogens (tertiary/aromatic N) is 3. The molecule has 1 saturated heterocycles. The molecule has 0 saturated carbocycles. The van der Waals surface area contributed by atoms with E-state index in [0.29, 0.717) is 24.2 Å². The lowest BCUT2D eigenvalue weighted by atomic mass is 10.0. The summed E-state index contributed by atoms with van der Waals surface area (Å²) in [6.45, 7) is 5.91. The molecule has 168 valence electrons. The Hall–Kier alpha value is -2.65. The summed E-state index contributed by atoms with van der Waals surface area (Å²) in [5.74, 6) is 0.231. The van der Waals surface area contributed by atoms with Crippen molar-refractivity contribution in [2.24, 2.45) is 0 Å². The number of nitrogens with one attached hydrogen (secondary N) is 2. The van der Waals surface area contributed by atoms with Gasteiger partial charge in [-0.1, -0.05) is 23.9 Å². The number of rotatable bonds is 5. The lowest BCUT2D eigenvalue weighted by Gasteiger charge is -2.35. The highest BCUT2D eigenvalue weighted by molar-refractivity contribution is 8.03. The molecule has 3 aliphatic heterocycles. The predicted octanol–water partition coefficient (Wildman–Crippen LogP) is 3.57. The summed E-state index contributed by atoms with van der Waals surface area (Å²) >= 11 is 1.61. The summed E-state index contributed by atoms with van der Waals surface area (Å²) in [6.07, 6.45) is 3.62. The summed E-state index contributed by atoms with van der Waals surface area (Å²) in [5.41, 5.74) is 1.71. The summed E-state index contributed by atoms with van der Waals surface area (Å²) in [7, 11) is 0. The standard InChI is InChI=1S/C23H26FN5O2S/c1-23(2)19-18(21(30)29(23)13-14-4-3-5-15(24)12-14)28-20(32-19)17-6-9-25-22(27-17)26-16-7-10-31-11-8-16/h3-6,9,12,16,20,28H,7-8,10-11,13H2,1-2H3,(H,25,26,27). The molecule has 5 rings (SSSR count). The van der Waals surface area contributed by atoms with Gasteiger partial charge in [-0.25, -0.2) is 14.4 Å². The minimum absolute atomic E-state index is 0.0705. The average molecular weight is 456 g/mol. The number of halogens is 1. The van der Waals surface area contributed by atoms with E-state index in [9.17, 15) is 9.18 Å². The molecule has 2 aromatic rings. The number of amides is 1.